The summed E-state index contributed by atoms with van der Waals surface area (Å²) in [6, 6.07) is 3.66. The van der Waals surface area contributed by atoms with Gasteiger partial charge in [0.1, 0.15) is 24.9 Å². The van der Waals surface area contributed by atoms with Crippen LogP contribution in [0.3, 0.4) is 0 Å². The van der Waals surface area contributed by atoms with Crippen LogP contribution in [0.1, 0.15) is 92.6 Å². The molecule has 10 nitrogen and oxygen atoms in total. The Morgan fingerprint density at radius 1 is 0.775 bits per heavy atom. The molecule has 2 N–H and O–H groups in total. The van der Waals surface area contributed by atoms with Gasteiger partial charge in [0.25, 0.3) is 0 Å². The highest BCUT2D eigenvalue weighted by molar-refractivity contribution is 5.77. The lowest BCUT2D eigenvalue weighted by Crippen LogP contribution is -2.36. The van der Waals surface area contributed by atoms with Gasteiger partial charge >= 0.3 is 24.1 Å². The maximum atomic E-state index is 12.5. The molecule has 0 saturated heterocycles. The van der Waals surface area contributed by atoms with E-state index >= 15 is 0 Å². The molecule has 0 spiro atoms. The summed E-state index contributed by atoms with van der Waals surface area (Å²) < 4.78 is 26.4. The normalized spacial score (nSPS) is 13.3. The first-order valence-electron chi connectivity index (χ1n) is 14.1. The number of ether oxygens (including phenoxy) is 5. The number of rotatable bonds is 17. The maximum absolute atomic E-state index is 12.5. The highest BCUT2D eigenvalue weighted by Crippen LogP contribution is 2.30. The van der Waals surface area contributed by atoms with E-state index in [9.17, 15) is 19.2 Å². The minimum atomic E-state index is -1.03. The van der Waals surface area contributed by atoms with Gasteiger partial charge in [-0.15, -0.1) is 0 Å². The summed E-state index contributed by atoms with van der Waals surface area (Å²) in [6.45, 7) is 13.2. The molecule has 0 saturated carbocycles. The summed E-state index contributed by atoms with van der Waals surface area (Å²) in [4.78, 5) is 49.0. The predicted octanol–water partition coefficient (Wildman–Crippen LogP) is 5.51. The van der Waals surface area contributed by atoms with Crippen LogP contribution in [0, 0.1) is 11.8 Å². The first-order valence-corrected chi connectivity index (χ1v) is 14.1. The van der Waals surface area contributed by atoms with E-state index in [0.717, 1.165) is 6.42 Å². The minimum absolute atomic E-state index is 0.0722. The summed E-state index contributed by atoms with van der Waals surface area (Å²) in [5.74, 6) is -0.711. The Labute approximate surface area is 238 Å². The largest absolute Gasteiger partial charge is 0.508 e. The number of carbonyl (C=O) groups is 4. The van der Waals surface area contributed by atoms with Crippen LogP contribution in [-0.4, -0.2) is 48.9 Å². The van der Waals surface area contributed by atoms with Crippen LogP contribution in [-0.2, 0) is 35.0 Å². The molecule has 0 aliphatic heterocycles. The van der Waals surface area contributed by atoms with Gasteiger partial charge in [-0.2, -0.15) is 0 Å². The van der Waals surface area contributed by atoms with Gasteiger partial charge in [0.05, 0.1) is 0 Å². The molecule has 1 aromatic rings. The number of benzene rings is 1. The number of hydrogen-bond donors (Lipinski definition) is 1. The van der Waals surface area contributed by atoms with Gasteiger partial charge in [-0.1, -0.05) is 47.1 Å². The molecule has 0 amide bonds. The molecule has 0 radical (unpaired) electrons. The van der Waals surface area contributed by atoms with E-state index in [1.807, 2.05) is 34.6 Å². The van der Waals surface area contributed by atoms with Crippen LogP contribution in [0.15, 0.2) is 18.2 Å². The van der Waals surface area contributed by atoms with Crippen molar-refractivity contribution in [2.24, 2.45) is 17.6 Å². The first-order chi connectivity index (χ1) is 18.8. The molecule has 0 aromatic heterocycles. The van der Waals surface area contributed by atoms with Crippen molar-refractivity contribution < 1.29 is 42.9 Å². The van der Waals surface area contributed by atoms with Gasteiger partial charge in [0.2, 0.25) is 0 Å². The number of esters is 3. The molecule has 0 fully saturated rings. The van der Waals surface area contributed by atoms with Crippen LogP contribution in [0.4, 0.5) is 4.79 Å². The monoisotopic (exact) mass is 565 g/mol. The average Bonchev–Trinajstić information content (AvgIpc) is 2.86. The number of hydrogen-bond acceptors (Lipinski definition) is 10. The summed E-state index contributed by atoms with van der Waals surface area (Å²) >= 11 is 0. The fourth-order valence-corrected chi connectivity index (χ4v) is 3.50. The Morgan fingerprint density at radius 2 is 1.32 bits per heavy atom. The molecule has 1 unspecified atom stereocenters. The summed E-state index contributed by atoms with van der Waals surface area (Å²) in [6.07, 6.45) is 1.60. The van der Waals surface area contributed by atoms with E-state index in [2.05, 4.69) is 0 Å². The van der Waals surface area contributed by atoms with E-state index in [1.165, 1.54) is 12.1 Å². The van der Waals surface area contributed by atoms with Gasteiger partial charge in [0, 0.05) is 12.8 Å². The van der Waals surface area contributed by atoms with Crippen molar-refractivity contribution in [1.29, 1.82) is 0 Å². The van der Waals surface area contributed by atoms with Gasteiger partial charge < -0.3 is 29.4 Å². The molecule has 0 heterocycles. The number of carbonyl (C=O) groups excluding carboxylic acids is 4. The molecule has 0 aliphatic carbocycles. The molecule has 40 heavy (non-hydrogen) atoms. The average molecular weight is 566 g/mol. The second-order valence-corrected chi connectivity index (χ2v) is 10.9. The van der Waals surface area contributed by atoms with E-state index in [4.69, 9.17) is 29.4 Å². The highest BCUT2D eigenvalue weighted by Gasteiger charge is 2.21. The quantitative estimate of drug-likeness (QED) is 0.190. The Bertz CT molecular complexity index is 960. The van der Waals surface area contributed by atoms with E-state index in [1.54, 1.807) is 19.9 Å². The third kappa shape index (κ3) is 14.9. The van der Waals surface area contributed by atoms with Gasteiger partial charge in [-0.25, -0.2) is 4.79 Å². The molecule has 1 rings (SSSR count). The number of nitrogens with two attached hydrogens (primary N) is 1. The van der Waals surface area contributed by atoms with Gasteiger partial charge in [-0.3, -0.25) is 14.4 Å². The third-order valence-electron chi connectivity index (χ3n) is 5.82. The van der Waals surface area contributed by atoms with Crippen molar-refractivity contribution in [2.45, 2.75) is 112 Å². The van der Waals surface area contributed by atoms with Crippen molar-refractivity contribution in [3.63, 3.8) is 0 Å². The van der Waals surface area contributed by atoms with Gasteiger partial charge in [0.15, 0.2) is 11.5 Å². The third-order valence-corrected chi connectivity index (χ3v) is 5.82. The molecule has 0 aliphatic rings. The summed E-state index contributed by atoms with van der Waals surface area (Å²) in [5, 5.41) is 0. The SMILES string of the molecule is CCCC(C)OC(=O)O[C@@H](C)COC(=O)[C@@H](N)Cc1ccc(OC(=O)CCC(C)C)c(OC(=O)CCC(C)C)c1. The Hall–Kier alpha value is -3.14. The molecule has 1 aromatic carbocycles. The Morgan fingerprint density at radius 3 is 1.88 bits per heavy atom. The van der Waals surface area contributed by atoms with Crippen molar-refractivity contribution in [3.05, 3.63) is 23.8 Å². The zero-order valence-corrected chi connectivity index (χ0v) is 25.0. The van der Waals surface area contributed by atoms with Crippen LogP contribution in [0.5, 0.6) is 11.5 Å². The minimum Gasteiger partial charge on any atom is -0.461 e. The highest BCUT2D eigenvalue weighted by atomic mass is 16.7. The molecular weight excluding hydrogens is 518 g/mol. The van der Waals surface area contributed by atoms with Crippen molar-refractivity contribution >= 4 is 24.1 Å². The molecule has 10 heteroatoms. The van der Waals surface area contributed by atoms with E-state index < -0.39 is 36.2 Å². The second kappa shape index (κ2) is 18.3. The summed E-state index contributed by atoms with van der Waals surface area (Å²) in [5.41, 5.74) is 6.63. The fraction of sp³-hybridized carbons (Fsp3) is 0.667. The smallest absolute Gasteiger partial charge is 0.461 e. The van der Waals surface area contributed by atoms with Crippen LogP contribution >= 0.6 is 0 Å². The zero-order valence-electron chi connectivity index (χ0n) is 25.0. The lowest BCUT2D eigenvalue weighted by molar-refractivity contribution is -0.148. The van der Waals surface area contributed by atoms with E-state index in [-0.39, 0.29) is 43.5 Å². The molecule has 3 atom stereocenters. The predicted molar refractivity (Wildman–Crippen MR) is 150 cm³/mol. The second-order valence-electron chi connectivity index (χ2n) is 10.9. The molecule has 226 valence electrons. The first kappa shape index (κ1) is 34.9. The Balaban J connectivity index is 2.80. The van der Waals surface area contributed by atoms with Crippen LogP contribution < -0.4 is 15.2 Å². The lowest BCUT2D eigenvalue weighted by Gasteiger charge is -2.18. The lowest BCUT2D eigenvalue weighted by atomic mass is 10.1. The van der Waals surface area contributed by atoms with Crippen LogP contribution in [0.25, 0.3) is 0 Å². The Kier molecular flexibility index (Phi) is 15.9. The van der Waals surface area contributed by atoms with Gasteiger partial charge in [-0.05, 0) is 69.1 Å². The maximum Gasteiger partial charge on any atom is 0.508 e. The molecular formula is C30H47NO9. The van der Waals surface area contributed by atoms with Crippen molar-refractivity contribution in [2.75, 3.05) is 6.61 Å². The summed E-state index contributed by atoms with van der Waals surface area (Å²) in [7, 11) is 0. The zero-order chi connectivity index (χ0) is 30.2. The van der Waals surface area contributed by atoms with Crippen molar-refractivity contribution in [3.8, 4) is 11.5 Å². The van der Waals surface area contributed by atoms with E-state index in [0.29, 0.717) is 36.7 Å². The topological polar surface area (TPSA) is 140 Å². The standard InChI is InChI=1S/C30H47NO9/c1-8-9-21(6)37-30(35)38-22(7)18-36-29(34)24(31)16-23-12-13-25(39-27(32)14-10-19(2)3)26(17-23)40-28(33)15-11-20(4)5/h12-13,17,19-22,24H,8-11,14-16,18,31H2,1-7H3/t21?,22-,24-/m0/s1. The fourth-order valence-electron chi connectivity index (χ4n) is 3.50. The van der Waals surface area contributed by atoms with Crippen molar-refractivity contribution in [1.82, 2.24) is 0 Å². The van der Waals surface area contributed by atoms with Crippen LogP contribution in [0.2, 0.25) is 0 Å². The molecule has 0 bridgehead atoms.